The van der Waals surface area contributed by atoms with Gasteiger partial charge in [-0.15, -0.1) is 11.8 Å². The highest BCUT2D eigenvalue weighted by atomic mass is 32.2. The number of carboxylic acids is 3. The Bertz CT molecular complexity index is 778. The molecule has 4 N–H and O–H groups in total. The van der Waals surface area contributed by atoms with Crippen LogP contribution in [0, 0.1) is 0 Å². The first-order chi connectivity index (χ1) is 15.2. The van der Waals surface area contributed by atoms with Crippen LogP contribution < -0.4 is 4.74 Å². The van der Waals surface area contributed by atoms with E-state index in [9.17, 15) is 14.4 Å². The van der Waals surface area contributed by atoms with Gasteiger partial charge in [-0.25, -0.2) is 4.79 Å². The molecular weight excluding hydrogens is 438 g/mol. The Hall–Kier alpha value is -2.30. The SMILES string of the molecule is O=C(O)CC(O)(CC(=O)O)C(=O)O.c1cc2c(c(OCCN3CCCCC3)c1)SCCC2. The van der Waals surface area contributed by atoms with Crippen LogP contribution in [0.4, 0.5) is 0 Å². The van der Waals surface area contributed by atoms with Crippen LogP contribution in [0.1, 0.15) is 44.1 Å². The van der Waals surface area contributed by atoms with Crippen molar-refractivity contribution in [2.24, 2.45) is 0 Å². The summed E-state index contributed by atoms with van der Waals surface area (Å²) in [7, 11) is 0. The molecular formula is C22H31NO8S. The Morgan fingerprint density at radius 2 is 1.66 bits per heavy atom. The topological polar surface area (TPSA) is 145 Å². The molecule has 0 atom stereocenters. The number of aliphatic hydroxyl groups is 1. The van der Waals surface area contributed by atoms with Crippen molar-refractivity contribution in [3.05, 3.63) is 23.8 Å². The van der Waals surface area contributed by atoms with E-state index in [0.29, 0.717) is 0 Å². The highest BCUT2D eigenvalue weighted by molar-refractivity contribution is 7.99. The average Bonchev–Trinajstić information content (AvgIpc) is 2.74. The number of nitrogens with zero attached hydrogens (tertiary/aromatic N) is 1. The number of piperidine rings is 1. The molecule has 0 spiro atoms. The third kappa shape index (κ3) is 8.33. The van der Waals surface area contributed by atoms with Crippen LogP contribution in [0.15, 0.2) is 23.1 Å². The van der Waals surface area contributed by atoms with Crippen molar-refractivity contribution in [2.75, 3.05) is 32.0 Å². The number of hydrogen-bond donors (Lipinski definition) is 4. The van der Waals surface area contributed by atoms with Gasteiger partial charge in [-0.1, -0.05) is 18.6 Å². The van der Waals surface area contributed by atoms with Gasteiger partial charge in [0, 0.05) is 6.54 Å². The van der Waals surface area contributed by atoms with Crippen molar-refractivity contribution < 1.29 is 39.5 Å². The summed E-state index contributed by atoms with van der Waals surface area (Å²) in [6.45, 7) is 4.42. The van der Waals surface area contributed by atoms with Crippen LogP contribution in [0.2, 0.25) is 0 Å². The van der Waals surface area contributed by atoms with E-state index >= 15 is 0 Å². The fourth-order valence-electron chi connectivity index (χ4n) is 3.65. The smallest absolute Gasteiger partial charge is 0.336 e. The first-order valence-electron chi connectivity index (χ1n) is 10.7. The lowest BCUT2D eigenvalue weighted by Gasteiger charge is -2.26. The third-order valence-corrected chi connectivity index (χ3v) is 6.54. The van der Waals surface area contributed by atoms with E-state index in [0.717, 1.165) is 18.9 Å². The molecule has 0 amide bonds. The number of carboxylic acid groups (broad SMARTS) is 3. The van der Waals surface area contributed by atoms with E-state index in [1.807, 2.05) is 11.8 Å². The molecule has 1 saturated heterocycles. The Kier molecular flexibility index (Phi) is 10.3. The van der Waals surface area contributed by atoms with Crippen LogP contribution in [-0.4, -0.2) is 80.8 Å². The maximum atomic E-state index is 10.3. The molecule has 1 aromatic rings. The van der Waals surface area contributed by atoms with E-state index in [1.54, 1.807) is 0 Å². The lowest BCUT2D eigenvalue weighted by Crippen LogP contribution is -2.42. The highest BCUT2D eigenvalue weighted by Crippen LogP contribution is 2.37. The fraction of sp³-hybridized carbons (Fsp3) is 0.591. The number of fused-ring (bicyclic) bond motifs is 1. The second kappa shape index (κ2) is 12.7. The molecule has 0 aromatic heterocycles. The van der Waals surface area contributed by atoms with Crippen molar-refractivity contribution in [3.8, 4) is 5.75 Å². The number of aliphatic carboxylic acids is 3. The van der Waals surface area contributed by atoms with Crippen LogP contribution in [0.5, 0.6) is 5.75 Å². The summed E-state index contributed by atoms with van der Waals surface area (Å²) >= 11 is 1.96. The van der Waals surface area contributed by atoms with E-state index < -0.39 is 36.4 Å². The molecule has 10 heteroatoms. The van der Waals surface area contributed by atoms with Gasteiger partial charge in [0.15, 0.2) is 5.60 Å². The fourth-order valence-corrected chi connectivity index (χ4v) is 4.77. The summed E-state index contributed by atoms with van der Waals surface area (Å²) in [6, 6.07) is 6.52. The normalized spacial score (nSPS) is 16.3. The molecule has 0 aliphatic carbocycles. The third-order valence-electron chi connectivity index (χ3n) is 5.30. The predicted molar refractivity (Wildman–Crippen MR) is 118 cm³/mol. The highest BCUT2D eigenvalue weighted by Gasteiger charge is 2.40. The minimum atomic E-state index is -2.74. The molecule has 1 aromatic carbocycles. The largest absolute Gasteiger partial charge is 0.491 e. The second-order valence-corrected chi connectivity index (χ2v) is 9.03. The summed E-state index contributed by atoms with van der Waals surface area (Å²) in [5.74, 6) is -2.67. The van der Waals surface area contributed by atoms with Gasteiger partial charge in [-0.3, -0.25) is 14.5 Å². The van der Waals surface area contributed by atoms with Gasteiger partial charge in [-0.2, -0.15) is 0 Å². The molecule has 3 rings (SSSR count). The van der Waals surface area contributed by atoms with E-state index in [4.69, 9.17) is 25.2 Å². The number of thioether (sulfide) groups is 1. The van der Waals surface area contributed by atoms with Crippen molar-refractivity contribution >= 4 is 29.7 Å². The van der Waals surface area contributed by atoms with Gasteiger partial charge in [0.05, 0.1) is 17.7 Å². The number of hydrogen-bond acceptors (Lipinski definition) is 7. The zero-order valence-corrected chi connectivity index (χ0v) is 18.8. The van der Waals surface area contributed by atoms with Crippen molar-refractivity contribution in [2.45, 2.75) is 55.4 Å². The van der Waals surface area contributed by atoms with Crippen LogP contribution in [0.3, 0.4) is 0 Å². The first-order valence-corrected chi connectivity index (χ1v) is 11.7. The molecule has 2 heterocycles. The molecule has 0 bridgehead atoms. The molecule has 32 heavy (non-hydrogen) atoms. The van der Waals surface area contributed by atoms with Gasteiger partial charge in [-0.05, 0) is 56.2 Å². The molecule has 1 fully saturated rings. The van der Waals surface area contributed by atoms with Gasteiger partial charge in [0.25, 0.3) is 0 Å². The predicted octanol–water partition coefficient (Wildman–Crippen LogP) is 2.34. The van der Waals surface area contributed by atoms with Gasteiger partial charge in [0.2, 0.25) is 0 Å². The standard InChI is InChI=1S/C16H23NOS.C6H8O7/c1-2-9-17(10-3-1)11-12-18-15-8-4-6-14-7-5-13-19-16(14)15;7-3(8)1-6(13,5(11)12)2-4(9)10/h4,6,8H,1-3,5,7,9-13H2;13H,1-2H2,(H,7,8)(H,9,10)(H,11,12). The molecule has 0 unspecified atom stereocenters. The zero-order valence-electron chi connectivity index (χ0n) is 18.0. The Morgan fingerprint density at radius 1 is 1.00 bits per heavy atom. The number of benzene rings is 1. The molecule has 2 aliphatic rings. The van der Waals surface area contributed by atoms with Crippen LogP contribution in [-0.2, 0) is 20.8 Å². The lowest BCUT2D eigenvalue weighted by molar-refractivity contribution is -0.170. The maximum Gasteiger partial charge on any atom is 0.336 e. The van der Waals surface area contributed by atoms with E-state index in [-0.39, 0.29) is 0 Å². The van der Waals surface area contributed by atoms with Gasteiger partial charge < -0.3 is 25.2 Å². The van der Waals surface area contributed by atoms with Crippen molar-refractivity contribution in [3.63, 3.8) is 0 Å². The number of likely N-dealkylation sites (tertiary alicyclic amines) is 1. The van der Waals surface area contributed by atoms with Crippen molar-refractivity contribution in [1.29, 1.82) is 0 Å². The Morgan fingerprint density at radius 3 is 2.25 bits per heavy atom. The van der Waals surface area contributed by atoms with Gasteiger partial charge >= 0.3 is 17.9 Å². The number of ether oxygens (including phenoxy) is 1. The molecule has 9 nitrogen and oxygen atoms in total. The average molecular weight is 470 g/mol. The monoisotopic (exact) mass is 469 g/mol. The minimum Gasteiger partial charge on any atom is -0.491 e. The summed E-state index contributed by atoms with van der Waals surface area (Å²) < 4.78 is 6.04. The quantitative estimate of drug-likeness (QED) is 0.425. The Balaban J connectivity index is 0.000000247. The zero-order chi connectivity index (χ0) is 23.6. The minimum absolute atomic E-state index is 0.830. The van der Waals surface area contributed by atoms with E-state index in [1.165, 1.54) is 61.4 Å². The van der Waals surface area contributed by atoms with Crippen LogP contribution in [0.25, 0.3) is 0 Å². The second-order valence-electron chi connectivity index (χ2n) is 7.92. The number of rotatable bonds is 9. The van der Waals surface area contributed by atoms with Crippen LogP contribution >= 0.6 is 11.8 Å². The Labute approximate surface area is 191 Å². The summed E-state index contributed by atoms with van der Waals surface area (Å²) in [5, 5.41) is 33.8. The molecule has 0 radical (unpaired) electrons. The maximum absolute atomic E-state index is 10.3. The van der Waals surface area contributed by atoms with Crippen molar-refractivity contribution in [1.82, 2.24) is 4.90 Å². The molecule has 0 saturated carbocycles. The lowest BCUT2D eigenvalue weighted by atomic mass is 9.96. The summed E-state index contributed by atoms with van der Waals surface area (Å²) in [4.78, 5) is 34.4. The first kappa shape index (κ1) is 26.0. The summed E-state index contributed by atoms with van der Waals surface area (Å²) in [6.07, 6.45) is 4.34. The number of carbonyl (C=O) groups is 3. The molecule has 2 aliphatic heterocycles. The number of aryl methyl sites for hydroxylation is 1. The van der Waals surface area contributed by atoms with E-state index in [2.05, 4.69) is 23.1 Å². The van der Waals surface area contributed by atoms with Gasteiger partial charge in [0.1, 0.15) is 12.4 Å². The summed E-state index contributed by atoms with van der Waals surface area (Å²) in [5.41, 5.74) is -1.26. The molecule has 178 valence electrons.